The minimum atomic E-state index is -0.591. The molecule has 2 aromatic carbocycles. The van der Waals surface area contributed by atoms with Gasteiger partial charge in [-0.3, -0.25) is 0 Å². The molecule has 26 heavy (non-hydrogen) atoms. The standard InChI is InChI=1S/C21H19NO4/c1-25-20(23)17-13-19(21(24)26-2)22-18-12-15(10-11-16(17)18)9-8-14-6-4-3-5-7-14/h3-7,10-13H,8-9H2,1-2H3. The van der Waals surface area contributed by atoms with Crippen LogP contribution in [0.3, 0.4) is 0 Å². The zero-order valence-corrected chi connectivity index (χ0v) is 14.7. The molecule has 5 nitrogen and oxygen atoms in total. The predicted octanol–water partition coefficient (Wildman–Crippen LogP) is 3.59. The van der Waals surface area contributed by atoms with E-state index in [-0.39, 0.29) is 5.69 Å². The number of esters is 2. The van der Waals surface area contributed by atoms with Crippen molar-refractivity contribution in [3.63, 3.8) is 0 Å². The van der Waals surface area contributed by atoms with Gasteiger partial charge >= 0.3 is 11.9 Å². The average molecular weight is 349 g/mol. The summed E-state index contributed by atoms with van der Waals surface area (Å²) in [6.07, 6.45) is 1.73. The molecule has 0 aliphatic heterocycles. The highest BCUT2D eigenvalue weighted by Crippen LogP contribution is 2.22. The van der Waals surface area contributed by atoms with Crippen molar-refractivity contribution in [1.29, 1.82) is 0 Å². The van der Waals surface area contributed by atoms with Crippen LogP contribution in [0.5, 0.6) is 0 Å². The van der Waals surface area contributed by atoms with Gasteiger partial charge in [0.2, 0.25) is 0 Å². The van der Waals surface area contributed by atoms with Gasteiger partial charge in [-0.2, -0.15) is 0 Å². The summed E-state index contributed by atoms with van der Waals surface area (Å²) in [6, 6.07) is 17.3. The molecule has 3 rings (SSSR count). The van der Waals surface area contributed by atoms with Crippen molar-refractivity contribution in [3.05, 3.63) is 77.0 Å². The number of rotatable bonds is 5. The Morgan fingerprint density at radius 2 is 1.54 bits per heavy atom. The van der Waals surface area contributed by atoms with E-state index >= 15 is 0 Å². The number of benzene rings is 2. The molecule has 0 saturated heterocycles. The summed E-state index contributed by atoms with van der Waals surface area (Å²) < 4.78 is 9.57. The first-order valence-electron chi connectivity index (χ1n) is 8.26. The molecule has 0 aliphatic rings. The van der Waals surface area contributed by atoms with E-state index in [0.717, 1.165) is 18.4 Å². The maximum Gasteiger partial charge on any atom is 0.356 e. The van der Waals surface area contributed by atoms with Crippen LogP contribution in [0.1, 0.15) is 32.0 Å². The summed E-state index contributed by atoms with van der Waals surface area (Å²) in [6.45, 7) is 0. The number of aromatic nitrogens is 1. The molecule has 1 aromatic heterocycles. The third kappa shape index (κ3) is 3.72. The lowest BCUT2D eigenvalue weighted by molar-refractivity contribution is 0.0594. The summed E-state index contributed by atoms with van der Waals surface area (Å²) in [7, 11) is 2.59. The van der Waals surface area contributed by atoms with E-state index in [1.165, 1.54) is 25.8 Å². The Hall–Kier alpha value is -3.21. The second-order valence-electron chi connectivity index (χ2n) is 5.88. The van der Waals surface area contributed by atoms with Crippen molar-refractivity contribution < 1.29 is 19.1 Å². The van der Waals surface area contributed by atoms with Gasteiger partial charge in [-0.1, -0.05) is 42.5 Å². The Bertz CT molecular complexity index is 951. The number of ether oxygens (including phenoxy) is 2. The number of methoxy groups -OCH3 is 2. The van der Waals surface area contributed by atoms with Crippen LogP contribution in [-0.2, 0) is 22.3 Å². The highest BCUT2D eigenvalue weighted by Gasteiger charge is 2.17. The Labute approximate surface area is 151 Å². The maximum atomic E-state index is 12.1. The monoisotopic (exact) mass is 349 g/mol. The van der Waals surface area contributed by atoms with Crippen LogP contribution in [0.15, 0.2) is 54.6 Å². The number of aryl methyl sites for hydroxylation is 2. The Kier molecular flexibility index (Phi) is 5.27. The number of pyridine rings is 1. The third-order valence-electron chi connectivity index (χ3n) is 4.22. The second kappa shape index (κ2) is 7.78. The third-order valence-corrected chi connectivity index (χ3v) is 4.22. The first-order valence-corrected chi connectivity index (χ1v) is 8.26. The van der Waals surface area contributed by atoms with Gasteiger partial charge < -0.3 is 9.47 Å². The van der Waals surface area contributed by atoms with Crippen molar-refractivity contribution in [2.24, 2.45) is 0 Å². The summed E-state index contributed by atoms with van der Waals surface area (Å²) in [4.78, 5) is 28.3. The molecule has 1 heterocycles. The van der Waals surface area contributed by atoms with Gasteiger partial charge in [0.1, 0.15) is 5.69 Å². The van der Waals surface area contributed by atoms with E-state index in [9.17, 15) is 9.59 Å². The van der Waals surface area contributed by atoms with Crippen molar-refractivity contribution in [1.82, 2.24) is 4.98 Å². The van der Waals surface area contributed by atoms with Crippen molar-refractivity contribution in [3.8, 4) is 0 Å². The van der Waals surface area contributed by atoms with Crippen LogP contribution in [-0.4, -0.2) is 31.1 Å². The van der Waals surface area contributed by atoms with E-state index in [4.69, 9.17) is 9.47 Å². The minimum Gasteiger partial charge on any atom is -0.465 e. The molecule has 0 atom stereocenters. The molecule has 0 aliphatic carbocycles. The molecule has 0 amide bonds. The van der Waals surface area contributed by atoms with E-state index in [0.29, 0.717) is 16.5 Å². The lowest BCUT2D eigenvalue weighted by atomic mass is 10.0. The van der Waals surface area contributed by atoms with Gasteiger partial charge in [-0.15, -0.1) is 0 Å². The lowest BCUT2D eigenvalue weighted by Crippen LogP contribution is -2.10. The van der Waals surface area contributed by atoms with Gasteiger partial charge in [0.15, 0.2) is 0 Å². The Balaban J connectivity index is 1.98. The minimum absolute atomic E-state index is 0.0839. The number of carbonyl (C=O) groups excluding carboxylic acids is 2. The highest BCUT2D eigenvalue weighted by molar-refractivity contribution is 6.05. The van der Waals surface area contributed by atoms with Gasteiger partial charge in [-0.05, 0) is 36.1 Å². The number of hydrogen-bond donors (Lipinski definition) is 0. The molecule has 0 unspecified atom stereocenters. The summed E-state index contributed by atoms with van der Waals surface area (Å²) in [5.74, 6) is -1.11. The van der Waals surface area contributed by atoms with Crippen LogP contribution >= 0.6 is 0 Å². The van der Waals surface area contributed by atoms with Gasteiger partial charge in [0.05, 0.1) is 25.3 Å². The molecule has 3 aromatic rings. The normalized spacial score (nSPS) is 10.5. The van der Waals surface area contributed by atoms with E-state index in [1.54, 1.807) is 0 Å². The van der Waals surface area contributed by atoms with Crippen LogP contribution in [0, 0.1) is 0 Å². The van der Waals surface area contributed by atoms with Gasteiger partial charge in [-0.25, -0.2) is 14.6 Å². The highest BCUT2D eigenvalue weighted by atomic mass is 16.5. The number of carbonyl (C=O) groups is 2. The zero-order valence-electron chi connectivity index (χ0n) is 14.7. The molecule has 132 valence electrons. The van der Waals surface area contributed by atoms with Crippen molar-refractivity contribution in [2.75, 3.05) is 14.2 Å². The predicted molar refractivity (Wildman–Crippen MR) is 98.3 cm³/mol. The summed E-state index contributed by atoms with van der Waals surface area (Å²) >= 11 is 0. The second-order valence-corrected chi connectivity index (χ2v) is 5.88. The summed E-state index contributed by atoms with van der Waals surface area (Å²) in [5.41, 5.74) is 3.28. The van der Waals surface area contributed by atoms with Crippen LogP contribution in [0.2, 0.25) is 0 Å². The Morgan fingerprint density at radius 1 is 0.846 bits per heavy atom. The molecule has 0 bridgehead atoms. The fourth-order valence-electron chi connectivity index (χ4n) is 2.85. The van der Waals surface area contributed by atoms with Crippen LogP contribution in [0.4, 0.5) is 0 Å². The Morgan fingerprint density at radius 3 is 2.23 bits per heavy atom. The average Bonchev–Trinajstić information content (AvgIpc) is 2.70. The fraction of sp³-hybridized carbons (Fsp3) is 0.190. The van der Waals surface area contributed by atoms with Crippen molar-refractivity contribution >= 4 is 22.8 Å². The summed E-state index contributed by atoms with van der Waals surface area (Å²) in [5, 5.41) is 0.646. The smallest absolute Gasteiger partial charge is 0.356 e. The first-order chi connectivity index (χ1) is 12.6. The SMILES string of the molecule is COC(=O)c1cc(C(=O)OC)c2ccc(CCc3ccccc3)cc2n1. The molecule has 5 heteroatoms. The van der Waals surface area contributed by atoms with Crippen LogP contribution in [0.25, 0.3) is 10.9 Å². The lowest BCUT2D eigenvalue weighted by Gasteiger charge is -2.09. The molecule has 0 spiro atoms. The first kappa shape index (κ1) is 17.6. The molecule has 0 N–H and O–H groups in total. The fourth-order valence-corrected chi connectivity index (χ4v) is 2.85. The quantitative estimate of drug-likeness (QED) is 0.659. The van der Waals surface area contributed by atoms with E-state index in [1.807, 2.05) is 36.4 Å². The topological polar surface area (TPSA) is 65.5 Å². The molecule has 0 radical (unpaired) electrons. The molecular formula is C21H19NO4. The molecule has 0 saturated carbocycles. The zero-order chi connectivity index (χ0) is 18.5. The molecular weight excluding hydrogens is 330 g/mol. The van der Waals surface area contributed by atoms with Gasteiger partial charge in [0, 0.05) is 5.39 Å². The van der Waals surface area contributed by atoms with Crippen LogP contribution < -0.4 is 0 Å². The number of nitrogens with zero attached hydrogens (tertiary/aromatic N) is 1. The van der Waals surface area contributed by atoms with E-state index < -0.39 is 11.9 Å². The van der Waals surface area contributed by atoms with E-state index in [2.05, 4.69) is 17.1 Å². The molecule has 0 fully saturated rings. The largest absolute Gasteiger partial charge is 0.465 e. The van der Waals surface area contributed by atoms with Crippen molar-refractivity contribution in [2.45, 2.75) is 12.8 Å². The number of fused-ring (bicyclic) bond motifs is 1. The number of hydrogen-bond acceptors (Lipinski definition) is 5. The maximum absolute atomic E-state index is 12.1. The van der Waals surface area contributed by atoms with Gasteiger partial charge in [0.25, 0.3) is 0 Å².